The molecule has 1 aliphatic rings. The first-order valence-corrected chi connectivity index (χ1v) is 6.47. The number of fused-ring (bicyclic) bond motifs is 1. The Bertz CT molecular complexity index is 640. The lowest BCUT2D eigenvalue weighted by Crippen LogP contribution is -2.42. The molecule has 0 unspecified atom stereocenters. The molecule has 0 amide bonds. The number of piperidine rings is 1. The summed E-state index contributed by atoms with van der Waals surface area (Å²) in [5.41, 5.74) is 0.480. The van der Waals surface area contributed by atoms with Gasteiger partial charge in [0.15, 0.2) is 0 Å². The summed E-state index contributed by atoms with van der Waals surface area (Å²) in [7, 11) is 0. The van der Waals surface area contributed by atoms with Gasteiger partial charge in [-0.2, -0.15) is 4.68 Å². The zero-order valence-electron chi connectivity index (χ0n) is 10.6. The quantitative estimate of drug-likeness (QED) is 0.835. The van der Waals surface area contributed by atoms with Gasteiger partial charge in [0.1, 0.15) is 5.52 Å². The molecule has 0 spiro atoms. The topological polar surface area (TPSA) is 71.2 Å². The lowest BCUT2D eigenvalue weighted by atomic mass is 10.1. The van der Waals surface area contributed by atoms with Crippen molar-refractivity contribution in [1.82, 2.24) is 19.9 Å². The van der Waals surface area contributed by atoms with E-state index < -0.39 is 0 Å². The molecule has 0 radical (unpaired) electrons. The van der Waals surface area contributed by atoms with Gasteiger partial charge in [-0.15, -0.1) is 5.10 Å². The molecule has 6 heteroatoms. The molecule has 1 atom stereocenters. The molecule has 0 saturated carbocycles. The molecule has 6 nitrogen and oxygen atoms in total. The van der Waals surface area contributed by atoms with Crippen LogP contribution in [0.2, 0.25) is 0 Å². The van der Waals surface area contributed by atoms with Crippen LogP contribution in [0.3, 0.4) is 0 Å². The highest BCUT2D eigenvalue weighted by atomic mass is 16.3. The van der Waals surface area contributed by atoms with E-state index >= 15 is 0 Å². The smallest absolute Gasteiger partial charge is 0.278 e. The Hall–Kier alpha value is -1.79. The fourth-order valence-electron chi connectivity index (χ4n) is 2.47. The van der Waals surface area contributed by atoms with Gasteiger partial charge in [0, 0.05) is 13.1 Å². The molecule has 19 heavy (non-hydrogen) atoms. The van der Waals surface area contributed by atoms with Gasteiger partial charge < -0.3 is 5.11 Å². The average Bonchev–Trinajstić information content (AvgIpc) is 2.42. The second-order valence-corrected chi connectivity index (χ2v) is 4.93. The average molecular weight is 260 g/mol. The summed E-state index contributed by atoms with van der Waals surface area (Å²) >= 11 is 0. The molecule has 2 aromatic rings. The number of rotatable bonds is 2. The lowest BCUT2D eigenvalue weighted by Gasteiger charge is -2.29. The molecule has 1 aromatic heterocycles. The van der Waals surface area contributed by atoms with Gasteiger partial charge in [0.05, 0.1) is 18.2 Å². The number of nitrogens with zero attached hydrogens (tertiary/aromatic N) is 4. The minimum absolute atomic E-state index is 0.134. The van der Waals surface area contributed by atoms with Crippen LogP contribution in [0.1, 0.15) is 12.8 Å². The maximum Gasteiger partial charge on any atom is 0.278 e. The molecule has 1 N–H and O–H groups in total. The number of hydrogen-bond acceptors (Lipinski definition) is 5. The third-order valence-electron chi connectivity index (χ3n) is 3.44. The number of hydrogen-bond donors (Lipinski definition) is 1. The van der Waals surface area contributed by atoms with Gasteiger partial charge in [-0.3, -0.25) is 9.69 Å². The van der Waals surface area contributed by atoms with Gasteiger partial charge in [-0.1, -0.05) is 17.3 Å². The van der Waals surface area contributed by atoms with Crippen LogP contribution in [0, 0.1) is 0 Å². The maximum atomic E-state index is 12.3. The van der Waals surface area contributed by atoms with E-state index in [0.717, 1.165) is 19.4 Å². The van der Waals surface area contributed by atoms with Crippen molar-refractivity contribution in [1.29, 1.82) is 0 Å². The Balaban J connectivity index is 1.89. The van der Waals surface area contributed by atoms with Crippen LogP contribution >= 0.6 is 0 Å². The van der Waals surface area contributed by atoms with Crippen molar-refractivity contribution in [3.05, 3.63) is 34.6 Å². The van der Waals surface area contributed by atoms with Gasteiger partial charge in [-0.05, 0) is 25.0 Å². The molecular formula is C13H16N4O2. The first kappa shape index (κ1) is 12.3. The largest absolute Gasteiger partial charge is 0.392 e. The van der Waals surface area contributed by atoms with Crippen molar-refractivity contribution >= 4 is 10.9 Å². The SMILES string of the molecule is O=c1c2ccccc2nnn1CN1CCC[C@H](O)C1. The van der Waals surface area contributed by atoms with Crippen LogP contribution in [-0.2, 0) is 6.67 Å². The molecule has 1 saturated heterocycles. The summed E-state index contributed by atoms with van der Waals surface area (Å²) in [6.07, 6.45) is 1.46. The molecule has 1 fully saturated rings. The van der Waals surface area contributed by atoms with E-state index in [1.54, 1.807) is 12.1 Å². The maximum absolute atomic E-state index is 12.3. The van der Waals surface area contributed by atoms with Crippen LogP contribution in [0.15, 0.2) is 29.1 Å². The molecule has 2 heterocycles. The zero-order valence-corrected chi connectivity index (χ0v) is 10.6. The highest BCUT2D eigenvalue weighted by Crippen LogP contribution is 2.10. The summed E-state index contributed by atoms with van der Waals surface area (Å²) in [5.74, 6) is 0. The van der Waals surface area contributed by atoms with Crippen molar-refractivity contribution in [3.63, 3.8) is 0 Å². The van der Waals surface area contributed by atoms with Crippen LogP contribution in [0.5, 0.6) is 0 Å². The summed E-state index contributed by atoms with van der Waals surface area (Å²) in [6.45, 7) is 1.84. The van der Waals surface area contributed by atoms with E-state index in [2.05, 4.69) is 10.3 Å². The van der Waals surface area contributed by atoms with Crippen LogP contribution < -0.4 is 5.56 Å². The Labute approximate surface area is 110 Å². The Morgan fingerprint density at radius 1 is 1.37 bits per heavy atom. The first-order valence-electron chi connectivity index (χ1n) is 6.47. The summed E-state index contributed by atoms with van der Waals surface area (Å²) < 4.78 is 1.36. The molecule has 0 aliphatic carbocycles. The van der Waals surface area contributed by atoms with E-state index in [1.807, 2.05) is 17.0 Å². The van der Waals surface area contributed by atoms with Crippen molar-refractivity contribution in [2.45, 2.75) is 25.6 Å². The van der Waals surface area contributed by atoms with Crippen LogP contribution in [-0.4, -0.2) is 44.2 Å². The number of likely N-dealkylation sites (tertiary alicyclic amines) is 1. The second kappa shape index (κ2) is 5.07. The molecule has 1 aromatic carbocycles. The third kappa shape index (κ3) is 2.50. The number of aliphatic hydroxyl groups is 1. The molecule has 0 bridgehead atoms. The summed E-state index contributed by atoms with van der Waals surface area (Å²) in [5, 5.41) is 18.2. The van der Waals surface area contributed by atoms with Gasteiger partial charge >= 0.3 is 0 Å². The van der Waals surface area contributed by atoms with Gasteiger partial charge in [0.2, 0.25) is 0 Å². The minimum Gasteiger partial charge on any atom is -0.392 e. The highest BCUT2D eigenvalue weighted by Gasteiger charge is 2.18. The molecule has 100 valence electrons. The van der Waals surface area contributed by atoms with E-state index in [-0.39, 0.29) is 11.7 Å². The van der Waals surface area contributed by atoms with Crippen molar-refractivity contribution in [3.8, 4) is 0 Å². The Kier molecular flexibility index (Phi) is 3.27. The van der Waals surface area contributed by atoms with Crippen molar-refractivity contribution in [2.75, 3.05) is 13.1 Å². The molecule has 1 aliphatic heterocycles. The molecule has 3 rings (SSSR count). The standard InChI is InChI=1S/C13H16N4O2/c18-10-4-3-7-16(8-10)9-17-13(19)11-5-1-2-6-12(11)14-15-17/h1-2,5-6,10,18H,3-4,7-9H2/t10-/m0/s1. The van der Waals surface area contributed by atoms with Crippen molar-refractivity contribution < 1.29 is 5.11 Å². The van der Waals surface area contributed by atoms with Crippen LogP contribution in [0.4, 0.5) is 0 Å². The van der Waals surface area contributed by atoms with Crippen molar-refractivity contribution in [2.24, 2.45) is 0 Å². The summed E-state index contributed by atoms with van der Waals surface area (Å²) in [4.78, 5) is 14.3. The highest BCUT2D eigenvalue weighted by molar-refractivity contribution is 5.76. The first-order chi connectivity index (χ1) is 9.24. The van der Waals surface area contributed by atoms with Gasteiger partial charge in [0.25, 0.3) is 5.56 Å². The third-order valence-corrected chi connectivity index (χ3v) is 3.44. The fraction of sp³-hybridized carbons (Fsp3) is 0.462. The normalized spacial score (nSPS) is 20.8. The number of β-amino-alcohol motifs (C(OH)–C–C–N with tert-alkyl or cyclic N) is 1. The zero-order chi connectivity index (χ0) is 13.2. The monoisotopic (exact) mass is 260 g/mol. The molecular weight excluding hydrogens is 244 g/mol. The second-order valence-electron chi connectivity index (χ2n) is 4.93. The van der Waals surface area contributed by atoms with Gasteiger partial charge in [-0.25, -0.2) is 0 Å². The van der Waals surface area contributed by atoms with E-state index in [0.29, 0.717) is 24.1 Å². The number of benzene rings is 1. The Morgan fingerprint density at radius 3 is 3.05 bits per heavy atom. The van der Waals surface area contributed by atoms with E-state index in [4.69, 9.17) is 0 Å². The number of aliphatic hydroxyl groups excluding tert-OH is 1. The van der Waals surface area contributed by atoms with E-state index in [1.165, 1.54) is 4.68 Å². The Morgan fingerprint density at radius 2 is 2.21 bits per heavy atom. The number of aromatic nitrogens is 3. The van der Waals surface area contributed by atoms with E-state index in [9.17, 15) is 9.90 Å². The predicted octanol–water partition coefficient (Wildman–Crippen LogP) is 0.206. The summed E-state index contributed by atoms with van der Waals surface area (Å²) in [6, 6.07) is 7.19. The van der Waals surface area contributed by atoms with Crippen LogP contribution in [0.25, 0.3) is 10.9 Å². The lowest BCUT2D eigenvalue weighted by molar-refractivity contribution is 0.0501. The minimum atomic E-state index is -0.308. The fourth-order valence-corrected chi connectivity index (χ4v) is 2.47. The predicted molar refractivity (Wildman–Crippen MR) is 70.6 cm³/mol.